The second-order valence-electron chi connectivity index (χ2n) is 4.00. The van der Waals surface area contributed by atoms with Crippen LogP contribution in [0.5, 0.6) is 0 Å². The largest absolute Gasteiger partial charge is 0.446 e. The Morgan fingerprint density at radius 2 is 2.18 bits per heavy atom. The van der Waals surface area contributed by atoms with Gasteiger partial charge in [0.15, 0.2) is 0 Å². The highest BCUT2D eigenvalue weighted by Gasteiger charge is 2.14. The second-order valence-corrected chi connectivity index (χ2v) is 4.40. The minimum Gasteiger partial charge on any atom is -0.446 e. The molecule has 3 nitrogen and oxygen atoms in total. The van der Waals surface area contributed by atoms with E-state index in [9.17, 15) is 4.79 Å². The number of rotatable bonds is 6. The number of unbranched alkanes of at least 4 members (excludes halogenated alkanes) is 1. The molecular weight excluding hydrogens is 238 g/mol. The fourth-order valence-corrected chi connectivity index (χ4v) is 1.92. The number of primary amides is 1. The van der Waals surface area contributed by atoms with E-state index in [1.54, 1.807) is 0 Å². The molecule has 0 heterocycles. The lowest BCUT2D eigenvalue weighted by Gasteiger charge is -2.17. The fraction of sp³-hybridized carbons (Fsp3) is 0.462. The standard InChI is InChI=1S/C13H18ClNO2/c1-2-3-7-11(17-13(15)16)9-10-6-4-5-8-12(10)14/h4-6,8,11H,2-3,7,9H2,1H3,(H2,15,16). The van der Waals surface area contributed by atoms with Crippen LogP contribution in [0.4, 0.5) is 4.79 Å². The predicted octanol–water partition coefficient (Wildman–Crippen LogP) is 3.54. The lowest BCUT2D eigenvalue weighted by Crippen LogP contribution is -2.24. The summed E-state index contributed by atoms with van der Waals surface area (Å²) in [5.74, 6) is 0. The van der Waals surface area contributed by atoms with E-state index in [2.05, 4.69) is 6.92 Å². The maximum Gasteiger partial charge on any atom is 0.404 e. The molecule has 0 fully saturated rings. The topological polar surface area (TPSA) is 52.3 Å². The summed E-state index contributed by atoms with van der Waals surface area (Å²) in [6.07, 6.45) is 2.57. The first-order chi connectivity index (χ1) is 8.13. The van der Waals surface area contributed by atoms with Gasteiger partial charge < -0.3 is 10.5 Å². The summed E-state index contributed by atoms with van der Waals surface area (Å²) in [6.45, 7) is 2.09. The van der Waals surface area contributed by atoms with Crippen molar-refractivity contribution in [1.29, 1.82) is 0 Å². The van der Waals surface area contributed by atoms with Gasteiger partial charge in [0.2, 0.25) is 0 Å². The Hall–Kier alpha value is -1.22. The van der Waals surface area contributed by atoms with Crippen molar-refractivity contribution in [3.8, 4) is 0 Å². The van der Waals surface area contributed by atoms with Crippen LogP contribution < -0.4 is 5.73 Å². The van der Waals surface area contributed by atoms with Crippen LogP contribution in [0.3, 0.4) is 0 Å². The van der Waals surface area contributed by atoms with Crippen LogP contribution in [0.2, 0.25) is 5.02 Å². The summed E-state index contributed by atoms with van der Waals surface area (Å²) in [7, 11) is 0. The molecule has 0 radical (unpaired) electrons. The van der Waals surface area contributed by atoms with Gasteiger partial charge in [0.1, 0.15) is 6.10 Å². The average Bonchev–Trinajstić information content (AvgIpc) is 2.28. The number of carbonyl (C=O) groups is 1. The molecule has 1 rings (SSSR count). The normalized spacial score (nSPS) is 12.1. The van der Waals surface area contributed by atoms with E-state index in [4.69, 9.17) is 22.1 Å². The number of amides is 1. The van der Waals surface area contributed by atoms with Crippen LogP contribution in [0.15, 0.2) is 24.3 Å². The molecule has 1 atom stereocenters. The van der Waals surface area contributed by atoms with Crippen molar-refractivity contribution in [3.63, 3.8) is 0 Å². The zero-order valence-electron chi connectivity index (χ0n) is 9.99. The average molecular weight is 256 g/mol. The summed E-state index contributed by atoms with van der Waals surface area (Å²) in [5.41, 5.74) is 6.05. The van der Waals surface area contributed by atoms with Crippen LogP contribution >= 0.6 is 11.6 Å². The Balaban J connectivity index is 2.64. The number of carbonyl (C=O) groups excluding carboxylic acids is 1. The van der Waals surface area contributed by atoms with Gasteiger partial charge in [-0.15, -0.1) is 0 Å². The van der Waals surface area contributed by atoms with Crippen molar-refractivity contribution in [2.24, 2.45) is 5.73 Å². The third-order valence-electron chi connectivity index (χ3n) is 2.57. The Labute approximate surface area is 107 Å². The quantitative estimate of drug-likeness (QED) is 0.845. The molecule has 0 saturated carbocycles. The highest BCUT2D eigenvalue weighted by Crippen LogP contribution is 2.19. The number of hydrogen-bond acceptors (Lipinski definition) is 2. The predicted molar refractivity (Wildman–Crippen MR) is 69.1 cm³/mol. The highest BCUT2D eigenvalue weighted by molar-refractivity contribution is 6.31. The molecule has 94 valence electrons. The van der Waals surface area contributed by atoms with E-state index in [0.29, 0.717) is 11.4 Å². The van der Waals surface area contributed by atoms with E-state index in [1.165, 1.54) is 0 Å². The fourth-order valence-electron chi connectivity index (χ4n) is 1.71. The number of benzene rings is 1. The van der Waals surface area contributed by atoms with Gasteiger partial charge in [0.25, 0.3) is 0 Å². The van der Waals surface area contributed by atoms with Gasteiger partial charge in [-0.2, -0.15) is 0 Å². The minimum absolute atomic E-state index is 0.188. The van der Waals surface area contributed by atoms with Crippen molar-refractivity contribution in [2.75, 3.05) is 0 Å². The third-order valence-corrected chi connectivity index (χ3v) is 2.94. The van der Waals surface area contributed by atoms with Gasteiger partial charge >= 0.3 is 6.09 Å². The molecule has 1 amide bonds. The van der Waals surface area contributed by atoms with Gasteiger partial charge in [-0.3, -0.25) is 0 Å². The summed E-state index contributed by atoms with van der Waals surface area (Å²) in [6, 6.07) is 7.56. The SMILES string of the molecule is CCCCC(Cc1ccccc1Cl)OC(N)=O. The molecule has 4 heteroatoms. The molecule has 0 aliphatic carbocycles. The Morgan fingerprint density at radius 1 is 1.47 bits per heavy atom. The first kappa shape index (κ1) is 13.8. The molecule has 0 bridgehead atoms. The van der Waals surface area contributed by atoms with Crippen LogP contribution in [-0.4, -0.2) is 12.2 Å². The number of ether oxygens (including phenoxy) is 1. The smallest absolute Gasteiger partial charge is 0.404 e. The maximum atomic E-state index is 10.8. The van der Waals surface area contributed by atoms with Gasteiger partial charge in [-0.25, -0.2) is 4.79 Å². The van der Waals surface area contributed by atoms with Crippen LogP contribution in [0, 0.1) is 0 Å². The molecule has 0 aliphatic rings. The van der Waals surface area contributed by atoms with Crippen LogP contribution in [0.25, 0.3) is 0 Å². The van der Waals surface area contributed by atoms with Gasteiger partial charge in [0.05, 0.1) is 0 Å². The molecule has 0 spiro atoms. The summed E-state index contributed by atoms with van der Waals surface area (Å²) in [5, 5.41) is 0.696. The minimum atomic E-state index is -0.724. The molecule has 0 aliphatic heterocycles. The summed E-state index contributed by atoms with van der Waals surface area (Å²) in [4.78, 5) is 10.8. The maximum absolute atomic E-state index is 10.8. The lowest BCUT2D eigenvalue weighted by molar-refractivity contribution is 0.0997. The highest BCUT2D eigenvalue weighted by atomic mass is 35.5. The van der Waals surface area contributed by atoms with Crippen LogP contribution in [0.1, 0.15) is 31.7 Å². The third kappa shape index (κ3) is 5.09. The number of hydrogen-bond donors (Lipinski definition) is 1. The molecular formula is C13H18ClNO2. The zero-order valence-corrected chi connectivity index (χ0v) is 10.7. The van der Waals surface area contributed by atoms with Gasteiger partial charge in [0, 0.05) is 11.4 Å². The summed E-state index contributed by atoms with van der Waals surface area (Å²) < 4.78 is 5.09. The van der Waals surface area contributed by atoms with E-state index < -0.39 is 6.09 Å². The van der Waals surface area contributed by atoms with Crippen LogP contribution in [-0.2, 0) is 11.2 Å². The second kappa shape index (κ2) is 7.17. The van der Waals surface area contributed by atoms with E-state index in [1.807, 2.05) is 24.3 Å². The first-order valence-electron chi connectivity index (χ1n) is 5.83. The van der Waals surface area contributed by atoms with Crippen molar-refractivity contribution in [3.05, 3.63) is 34.9 Å². The number of nitrogens with two attached hydrogens (primary N) is 1. The molecule has 0 aromatic heterocycles. The first-order valence-corrected chi connectivity index (χ1v) is 6.20. The Morgan fingerprint density at radius 3 is 2.76 bits per heavy atom. The van der Waals surface area contributed by atoms with Gasteiger partial charge in [-0.1, -0.05) is 49.6 Å². The number of halogens is 1. The van der Waals surface area contributed by atoms with Crippen molar-refractivity contribution >= 4 is 17.7 Å². The molecule has 0 saturated heterocycles. The molecule has 2 N–H and O–H groups in total. The molecule has 1 aromatic rings. The Kier molecular flexibility index (Phi) is 5.84. The van der Waals surface area contributed by atoms with Crippen molar-refractivity contribution in [2.45, 2.75) is 38.7 Å². The molecule has 17 heavy (non-hydrogen) atoms. The van der Waals surface area contributed by atoms with Crippen molar-refractivity contribution in [1.82, 2.24) is 0 Å². The molecule has 1 aromatic carbocycles. The monoisotopic (exact) mass is 255 g/mol. The Bertz CT molecular complexity index is 368. The lowest BCUT2D eigenvalue weighted by atomic mass is 10.0. The zero-order chi connectivity index (χ0) is 12.7. The van der Waals surface area contributed by atoms with Gasteiger partial charge in [-0.05, 0) is 18.1 Å². The summed E-state index contributed by atoms with van der Waals surface area (Å²) >= 11 is 6.07. The van der Waals surface area contributed by atoms with E-state index in [0.717, 1.165) is 24.8 Å². The van der Waals surface area contributed by atoms with E-state index >= 15 is 0 Å². The van der Waals surface area contributed by atoms with E-state index in [-0.39, 0.29) is 6.10 Å². The molecule has 1 unspecified atom stereocenters. The van der Waals surface area contributed by atoms with Crippen molar-refractivity contribution < 1.29 is 9.53 Å².